The second-order valence-electron chi connectivity index (χ2n) is 5.29. The lowest BCUT2D eigenvalue weighted by atomic mass is 9.81. The lowest BCUT2D eigenvalue weighted by Gasteiger charge is -2.33. The van der Waals surface area contributed by atoms with Gasteiger partial charge >= 0.3 is 0 Å². The molecule has 0 aromatic heterocycles. The first kappa shape index (κ1) is 11.7. The Morgan fingerprint density at radius 1 is 1.22 bits per heavy atom. The number of hydrogen-bond donors (Lipinski definition) is 2. The van der Waals surface area contributed by atoms with E-state index in [9.17, 15) is 0 Å². The molecule has 0 atom stereocenters. The molecule has 3 rings (SSSR count). The van der Waals surface area contributed by atoms with Crippen LogP contribution >= 0.6 is 0 Å². The minimum absolute atomic E-state index is 0.415. The van der Waals surface area contributed by atoms with Gasteiger partial charge in [-0.25, -0.2) is 0 Å². The molecule has 18 heavy (non-hydrogen) atoms. The van der Waals surface area contributed by atoms with Gasteiger partial charge in [0.15, 0.2) is 11.5 Å². The first-order chi connectivity index (χ1) is 8.72. The van der Waals surface area contributed by atoms with Crippen molar-refractivity contribution in [3.8, 4) is 11.5 Å². The topological polar surface area (TPSA) is 56.5 Å². The van der Waals surface area contributed by atoms with E-state index >= 15 is 0 Å². The fraction of sp³-hybridized carbons (Fsp3) is 0.571. The van der Waals surface area contributed by atoms with Gasteiger partial charge in [0.05, 0.1) is 0 Å². The summed E-state index contributed by atoms with van der Waals surface area (Å²) in [5, 5.41) is 3.49. The molecule has 1 heterocycles. The zero-order chi connectivity index (χ0) is 12.5. The summed E-state index contributed by atoms with van der Waals surface area (Å²) in [6.45, 7) is 4.35. The summed E-state index contributed by atoms with van der Waals surface area (Å²) in [6, 6.07) is 4.50. The average molecular weight is 248 g/mol. The molecular weight excluding hydrogens is 228 g/mol. The Bertz CT molecular complexity index is 442. The fourth-order valence-electron chi connectivity index (χ4n) is 2.59. The van der Waals surface area contributed by atoms with Crippen LogP contribution in [0.1, 0.15) is 18.4 Å². The summed E-state index contributed by atoms with van der Waals surface area (Å²) in [5.41, 5.74) is 8.13. The Labute approximate surface area is 107 Å². The van der Waals surface area contributed by atoms with E-state index in [2.05, 4.69) is 12.2 Å². The van der Waals surface area contributed by atoms with Crippen molar-refractivity contribution in [3.63, 3.8) is 0 Å². The van der Waals surface area contributed by atoms with Crippen LogP contribution in [0.3, 0.4) is 0 Å². The molecule has 0 amide bonds. The molecule has 4 heteroatoms. The van der Waals surface area contributed by atoms with Gasteiger partial charge in [0.25, 0.3) is 0 Å². The molecule has 0 unspecified atom stereocenters. The molecule has 1 fully saturated rings. The van der Waals surface area contributed by atoms with Crippen molar-refractivity contribution in [2.24, 2.45) is 11.7 Å². The van der Waals surface area contributed by atoms with Crippen molar-refractivity contribution in [1.82, 2.24) is 0 Å². The van der Waals surface area contributed by atoms with Crippen LogP contribution in [0.25, 0.3) is 0 Å². The van der Waals surface area contributed by atoms with E-state index < -0.39 is 0 Å². The highest BCUT2D eigenvalue weighted by molar-refractivity contribution is 5.60. The summed E-state index contributed by atoms with van der Waals surface area (Å²) in [4.78, 5) is 0. The molecule has 1 aromatic carbocycles. The molecule has 0 spiro atoms. The Balaban J connectivity index is 1.67. The lowest BCUT2D eigenvalue weighted by Crippen LogP contribution is -2.39. The van der Waals surface area contributed by atoms with Gasteiger partial charge < -0.3 is 20.5 Å². The molecule has 1 aliphatic carbocycles. The second-order valence-corrected chi connectivity index (χ2v) is 5.29. The maximum Gasteiger partial charge on any atom is 0.163 e. The zero-order valence-electron chi connectivity index (χ0n) is 10.7. The number of benzene rings is 1. The number of ether oxygens (including phenoxy) is 2. The van der Waals surface area contributed by atoms with Crippen LogP contribution in [-0.2, 0) is 0 Å². The molecule has 2 aliphatic rings. The van der Waals surface area contributed by atoms with Gasteiger partial charge in [-0.1, -0.05) is 0 Å². The van der Waals surface area contributed by atoms with Crippen molar-refractivity contribution in [2.75, 3.05) is 25.1 Å². The minimum Gasteiger partial charge on any atom is -0.486 e. The van der Waals surface area contributed by atoms with Crippen molar-refractivity contribution < 1.29 is 9.47 Å². The second kappa shape index (κ2) is 4.69. The van der Waals surface area contributed by atoms with Gasteiger partial charge in [0.1, 0.15) is 13.2 Å². The Kier molecular flexibility index (Phi) is 3.04. The van der Waals surface area contributed by atoms with Gasteiger partial charge in [0.2, 0.25) is 0 Å². The van der Waals surface area contributed by atoms with Crippen molar-refractivity contribution in [2.45, 2.75) is 25.8 Å². The van der Waals surface area contributed by atoms with E-state index in [1.807, 2.05) is 12.1 Å². The molecule has 1 saturated carbocycles. The molecule has 3 N–H and O–H groups in total. The van der Waals surface area contributed by atoms with Crippen LogP contribution in [0, 0.1) is 12.8 Å². The third-order valence-corrected chi connectivity index (χ3v) is 3.74. The molecule has 0 saturated heterocycles. The number of fused-ring (bicyclic) bond motifs is 1. The minimum atomic E-state index is 0.415. The van der Waals surface area contributed by atoms with E-state index in [4.69, 9.17) is 15.2 Å². The van der Waals surface area contributed by atoms with Gasteiger partial charge in [-0.15, -0.1) is 0 Å². The fourth-order valence-corrected chi connectivity index (χ4v) is 2.59. The molecular formula is C14H20N2O2. The summed E-state index contributed by atoms with van der Waals surface area (Å²) in [7, 11) is 0. The average Bonchev–Trinajstić information content (AvgIpc) is 2.33. The summed E-state index contributed by atoms with van der Waals surface area (Å²) < 4.78 is 11.2. The largest absolute Gasteiger partial charge is 0.486 e. The third-order valence-electron chi connectivity index (χ3n) is 3.74. The van der Waals surface area contributed by atoms with E-state index in [1.165, 1.54) is 5.56 Å². The highest BCUT2D eigenvalue weighted by Crippen LogP contribution is 2.35. The quantitative estimate of drug-likeness (QED) is 0.858. The number of anilines is 1. The number of hydrogen-bond acceptors (Lipinski definition) is 4. The summed E-state index contributed by atoms with van der Waals surface area (Å²) in [6.07, 6.45) is 2.27. The van der Waals surface area contributed by atoms with E-state index in [1.54, 1.807) is 0 Å². The Hall–Kier alpha value is -1.42. The zero-order valence-corrected chi connectivity index (χ0v) is 10.7. The number of nitrogens with one attached hydrogen (secondary N) is 1. The van der Waals surface area contributed by atoms with Gasteiger partial charge in [-0.2, -0.15) is 0 Å². The van der Waals surface area contributed by atoms with Crippen LogP contribution < -0.4 is 20.5 Å². The molecule has 0 radical (unpaired) electrons. The van der Waals surface area contributed by atoms with Gasteiger partial charge in [-0.3, -0.25) is 0 Å². The van der Waals surface area contributed by atoms with Crippen LogP contribution in [0.5, 0.6) is 11.5 Å². The highest BCUT2D eigenvalue weighted by atomic mass is 16.6. The highest BCUT2D eigenvalue weighted by Gasteiger charge is 2.25. The molecule has 98 valence electrons. The summed E-state index contributed by atoms with van der Waals surface area (Å²) >= 11 is 0. The van der Waals surface area contributed by atoms with Crippen molar-refractivity contribution in [3.05, 3.63) is 17.7 Å². The Morgan fingerprint density at radius 2 is 1.89 bits per heavy atom. The predicted octanol–water partition coefficient (Wildman–Crippen LogP) is 1.92. The lowest BCUT2D eigenvalue weighted by molar-refractivity contribution is 0.171. The summed E-state index contributed by atoms with van der Waals surface area (Å²) in [5.74, 6) is 2.42. The van der Waals surface area contributed by atoms with Crippen LogP contribution in [-0.4, -0.2) is 25.8 Å². The molecule has 4 nitrogen and oxygen atoms in total. The molecule has 0 bridgehead atoms. The first-order valence-corrected chi connectivity index (χ1v) is 6.62. The first-order valence-electron chi connectivity index (χ1n) is 6.62. The monoisotopic (exact) mass is 248 g/mol. The maximum atomic E-state index is 5.79. The normalized spacial score (nSPS) is 25.4. The maximum absolute atomic E-state index is 5.79. The molecule has 1 aliphatic heterocycles. The van der Waals surface area contributed by atoms with Crippen LogP contribution in [0.4, 0.5) is 5.69 Å². The number of rotatable bonds is 3. The SMILES string of the molecule is Cc1cc2c(cc1NCC1CC(N)C1)OCCO2. The van der Waals surface area contributed by atoms with Crippen molar-refractivity contribution >= 4 is 5.69 Å². The van der Waals surface area contributed by atoms with E-state index in [0.717, 1.165) is 36.6 Å². The third kappa shape index (κ3) is 2.25. The van der Waals surface area contributed by atoms with Gasteiger partial charge in [0, 0.05) is 24.3 Å². The predicted molar refractivity (Wildman–Crippen MR) is 71.4 cm³/mol. The molecule has 1 aromatic rings. The van der Waals surface area contributed by atoms with E-state index in [0.29, 0.717) is 25.2 Å². The van der Waals surface area contributed by atoms with Crippen LogP contribution in [0.15, 0.2) is 12.1 Å². The smallest absolute Gasteiger partial charge is 0.163 e. The van der Waals surface area contributed by atoms with Gasteiger partial charge in [-0.05, 0) is 37.3 Å². The standard InChI is InChI=1S/C14H20N2O2/c1-9-4-13-14(18-3-2-17-13)7-12(9)16-8-10-5-11(15)6-10/h4,7,10-11,16H,2-3,5-6,8,15H2,1H3. The van der Waals surface area contributed by atoms with Crippen molar-refractivity contribution in [1.29, 1.82) is 0 Å². The number of aryl methyl sites for hydroxylation is 1. The Morgan fingerprint density at radius 3 is 2.56 bits per heavy atom. The van der Waals surface area contributed by atoms with E-state index in [-0.39, 0.29) is 0 Å². The number of nitrogens with two attached hydrogens (primary N) is 1. The van der Waals surface area contributed by atoms with Crippen LogP contribution in [0.2, 0.25) is 0 Å².